The highest BCUT2D eigenvalue weighted by Gasteiger charge is 2.06. The minimum absolute atomic E-state index is 0.0564. The van der Waals surface area contributed by atoms with E-state index in [1.54, 1.807) is 0 Å². The van der Waals surface area contributed by atoms with Crippen LogP contribution in [0.15, 0.2) is 16.9 Å². The van der Waals surface area contributed by atoms with Gasteiger partial charge in [-0.25, -0.2) is 4.68 Å². The Morgan fingerprint density at radius 3 is 2.81 bits per heavy atom. The van der Waals surface area contributed by atoms with Crippen LogP contribution in [0.1, 0.15) is 5.69 Å². The first-order valence-corrected chi connectivity index (χ1v) is 5.04. The maximum Gasteiger partial charge on any atom is 0.251 e. The second-order valence-electron chi connectivity index (χ2n) is 3.06. The first kappa shape index (κ1) is 11.0. The largest absolute Gasteiger partial charge is 0.334 e. The number of aromatic nitrogens is 4. The Morgan fingerprint density at radius 1 is 1.50 bits per heavy atom. The average Bonchev–Trinajstić information content (AvgIpc) is 2.43. The molecule has 2 heterocycles. The lowest BCUT2D eigenvalue weighted by atomic mass is 10.4. The summed E-state index contributed by atoms with van der Waals surface area (Å²) in [6.45, 7) is 0.0616. The maximum atomic E-state index is 13.2. The van der Waals surface area contributed by atoms with E-state index in [2.05, 4.69) is 15.1 Å². The normalized spacial score (nSPS) is 10.6. The molecule has 0 spiro atoms. The molecular weight excluding hydrogens is 255 g/mol. The van der Waals surface area contributed by atoms with Gasteiger partial charge in [0.25, 0.3) is 5.56 Å². The molecule has 84 valence electrons. The molecule has 0 atom stereocenters. The topological polar surface area (TPSA) is 66.5 Å². The van der Waals surface area contributed by atoms with Crippen LogP contribution in [-0.2, 0) is 6.54 Å². The molecule has 0 aliphatic heterocycles. The predicted octanol–water partition coefficient (Wildman–Crippen LogP) is 1.47. The van der Waals surface area contributed by atoms with Gasteiger partial charge in [-0.3, -0.25) is 9.78 Å². The van der Waals surface area contributed by atoms with Gasteiger partial charge in [0.15, 0.2) is 9.92 Å². The third-order valence-electron chi connectivity index (χ3n) is 1.84. The van der Waals surface area contributed by atoms with E-state index in [9.17, 15) is 9.18 Å². The SMILES string of the molecule is O=c1cc(Cn2nc(Cl)cc2F)[nH]c(=S)[nH]1. The second kappa shape index (κ2) is 4.18. The summed E-state index contributed by atoms with van der Waals surface area (Å²) in [5.74, 6) is -0.579. The van der Waals surface area contributed by atoms with E-state index in [0.29, 0.717) is 5.69 Å². The lowest BCUT2D eigenvalue weighted by Gasteiger charge is -2.01. The fraction of sp³-hybridized carbons (Fsp3) is 0.125. The van der Waals surface area contributed by atoms with E-state index in [4.69, 9.17) is 23.8 Å². The van der Waals surface area contributed by atoms with Crippen molar-refractivity contribution in [3.8, 4) is 0 Å². The van der Waals surface area contributed by atoms with Crippen LogP contribution in [0.3, 0.4) is 0 Å². The summed E-state index contributed by atoms with van der Waals surface area (Å²) in [5, 5.41) is 3.76. The van der Waals surface area contributed by atoms with Gasteiger partial charge >= 0.3 is 0 Å². The van der Waals surface area contributed by atoms with E-state index < -0.39 is 5.95 Å². The van der Waals surface area contributed by atoms with Gasteiger partial charge in [-0.2, -0.15) is 9.49 Å². The molecule has 16 heavy (non-hydrogen) atoms. The molecule has 2 rings (SSSR count). The summed E-state index contributed by atoms with van der Waals surface area (Å²) in [5.41, 5.74) is 0.102. The fourth-order valence-corrected chi connectivity index (χ4v) is 1.65. The Labute approximate surface area is 98.9 Å². The van der Waals surface area contributed by atoms with Crippen LogP contribution in [0, 0.1) is 10.7 Å². The Bertz CT molecular complexity index is 603. The van der Waals surface area contributed by atoms with Crippen molar-refractivity contribution in [2.24, 2.45) is 0 Å². The standard InChI is InChI=1S/C8H6ClFN4OS/c9-5-2-6(10)14(13-5)3-4-1-7(15)12-8(16)11-4/h1-2H,3H2,(H2,11,12,15,16). The molecule has 0 fully saturated rings. The van der Waals surface area contributed by atoms with Gasteiger partial charge in [0.05, 0.1) is 6.54 Å². The molecule has 0 unspecified atom stereocenters. The monoisotopic (exact) mass is 260 g/mol. The molecule has 0 amide bonds. The van der Waals surface area contributed by atoms with Gasteiger partial charge in [-0.05, 0) is 12.2 Å². The van der Waals surface area contributed by atoms with Gasteiger partial charge in [-0.15, -0.1) is 0 Å². The lowest BCUT2D eigenvalue weighted by molar-refractivity contribution is 0.476. The van der Waals surface area contributed by atoms with Crippen LogP contribution in [0.5, 0.6) is 0 Å². The molecule has 0 saturated carbocycles. The molecule has 2 N–H and O–H groups in total. The Balaban J connectivity index is 2.37. The number of aromatic amines is 2. The van der Waals surface area contributed by atoms with E-state index >= 15 is 0 Å². The molecule has 2 aromatic heterocycles. The Morgan fingerprint density at radius 2 is 2.25 bits per heavy atom. The number of nitrogens with one attached hydrogen (secondary N) is 2. The number of rotatable bonds is 2. The van der Waals surface area contributed by atoms with E-state index in [-0.39, 0.29) is 22.0 Å². The van der Waals surface area contributed by atoms with Crippen LogP contribution in [0.4, 0.5) is 4.39 Å². The summed E-state index contributed by atoms with van der Waals surface area (Å²) < 4.78 is 14.4. The summed E-state index contributed by atoms with van der Waals surface area (Å²) >= 11 is 10.3. The van der Waals surface area contributed by atoms with Crippen molar-refractivity contribution < 1.29 is 4.39 Å². The zero-order chi connectivity index (χ0) is 11.7. The van der Waals surface area contributed by atoms with Crippen molar-refractivity contribution in [2.75, 3.05) is 0 Å². The van der Waals surface area contributed by atoms with Gasteiger partial charge in [0.1, 0.15) is 0 Å². The van der Waals surface area contributed by atoms with Gasteiger partial charge in [0, 0.05) is 17.8 Å². The maximum absolute atomic E-state index is 13.2. The summed E-state index contributed by atoms with van der Waals surface area (Å²) in [6, 6.07) is 2.37. The van der Waals surface area contributed by atoms with Gasteiger partial charge in [0.2, 0.25) is 5.95 Å². The zero-order valence-corrected chi connectivity index (χ0v) is 9.40. The highest BCUT2D eigenvalue weighted by atomic mass is 35.5. The van der Waals surface area contributed by atoms with Crippen molar-refractivity contribution in [1.29, 1.82) is 0 Å². The molecule has 0 aliphatic carbocycles. The van der Waals surface area contributed by atoms with E-state index in [0.717, 1.165) is 10.7 Å². The summed E-state index contributed by atoms with van der Waals surface area (Å²) in [4.78, 5) is 16.2. The molecule has 5 nitrogen and oxygen atoms in total. The highest BCUT2D eigenvalue weighted by molar-refractivity contribution is 7.71. The highest BCUT2D eigenvalue weighted by Crippen LogP contribution is 2.08. The minimum Gasteiger partial charge on any atom is -0.334 e. The number of H-pyrrole nitrogens is 2. The second-order valence-corrected chi connectivity index (χ2v) is 3.86. The Kier molecular flexibility index (Phi) is 2.88. The average molecular weight is 261 g/mol. The minimum atomic E-state index is -0.579. The fourth-order valence-electron chi connectivity index (χ4n) is 1.24. The third-order valence-corrected chi connectivity index (χ3v) is 2.23. The smallest absolute Gasteiger partial charge is 0.251 e. The predicted molar refractivity (Wildman–Crippen MR) is 58.5 cm³/mol. The van der Waals surface area contributed by atoms with Gasteiger partial charge < -0.3 is 4.98 Å². The van der Waals surface area contributed by atoms with Crippen LogP contribution in [0.25, 0.3) is 0 Å². The zero-order valence-electron chi connectivity index (χ0n) is 7.83. The number of hydrogen-bond acceptors (Lipinski definition) is 3. The molecule has 0 radical (unpaired) electrons. The molecule has 0 saturated heterocycles. The first-order chi connectivity index (χ1) is 7.54. The van der Waals surface area contributed by atoms with Crippen molar-refractivity contribution in [3.05, 3.63) is 44.1 Å². The van der Waals surface area contributed by atoms with Crippen molar-refractivity contribution in [1.82, 2.24) is 19.7 Å². The van der Waals surface area contributed by atoms with E-state index in [1.807, 2.05) is 0 Å². The first-order valence-electron chi connectivity index (χ1n) is 4.26. The summed E-state index contributed by atoms with van der Waals surface area (Å²) in [6.07, 6.45) is 0. The van der Waals surface area contributed by atoms with Gasteiger partial charge in [-0.1, -0.05) is 11.6 Å². The number of halogens is 2. The van der Waals surface area contributed by atoms with E-state index in [1.165, 1.54) is 6.07 Å². The van der Waals surface area contributed by atoms with Crippen molar-refractivity contribution in [2.45, 2.75) is 6.54 Å². The molecule has 0 bridgehead atoms. The molecule has 0 aliphatic rings. The van der Waals surface area contributed by atoms with Crippen LogP contribution in [-0.4, -0.2) is 19.7 Å². The quantitative estimate of drug-likeness (QED) is 0.804. The lowest BCUT2D eigenvalue weighted by Crippen LogP contribution is -2.12. The van der Waals surface area contributed by atoms with Crippen molar-refractivity contribution in [3.63, 3.8) is 0 Å². The number of hydrogen-bond donors (Lipinski definition) is 2. The molecular formula is C8H6ClFN4OS. The third kappa shape index (κ3) is 2.37. The summed E-state index contributed by atoms with van der Waals surface area (Å²) in [7, 11) is 0. The molecule has 0 aromatic carbocycles. The molecule has 2 aromatic rings. The van der Waals surface area contributed by atoms with Crippen LogP contribution < -0.4 is 5.56 Å². The number of nitrogens with zero attached hydrogens (tertiary/aromatic N) is 2. The van der Waals surface area contributed by atoms with Crippen LogP contribution in [0.2, 0.25) is 5.15 Å². The molecule has 8 heteroatoms. The van der Waals surface area contributed by atoms with Crippen LogP contribution >= 0.6 is 23.8 Å². The van der Waals surface area contributed by atoms with Crippen molar-refractivity contribution >= 4 is 23.8 Å². The Hall–Kier alpha value is -1.47.